The van der Waals surface area contributed by atoms with Gasteiger partial charge < -0.3 is 15.5 Å². The van der Waals surface area contributed by atoms with Crippen LogP contribution in [0.15, 0.2) is 6.20 Å². The summed E-state index contributed by atoms with van der Waals surface area (Å²) in [6, 6.07) is 0. The van der Waals surface area contributed by atoms with Crippen LogP contribution >= 0.6 is 0 Å². The predicted octanol–water partition coefficient (Wildman–Crippen LogP) is 0.0816. The maximum absolute atomic E-state index is 12.2. The molecular weight excluding hydrogens is 256 g/mol. The fraction of sp³-hybridized carbons (Fsp3) is 0.769. The number of aromatic nitrogens is 3. The van der Waals surface area contributed by atoms with Gasteiger partial charge in [0.25, 0.3) is 5.91 Å². The average Bonchev–Trinajstić information content (AvgIpc) is 2.89. The Morgan fingerprint density at radius 3 is 2.90 bits per heavy atom. The fourth-order valence-electron chi connectivity index (χ4n) is 2.52. The second-order valence-corrected chi connectivity index (χ2v) is 5.19. The van der Waals surface area contributed by atoms with Crippen molar-refractivity contribution < 1.29 is 4.79 Å². The molecule has 112 valence electrons. The molecule has 1 saturated heterocycles. The summed E-state index contributed by atoms with van der Waals surface area (Å²) in [6.45, 7) is 5.44. The molecule has 2 rings (SSSR count). The Bertz CT molecular complexity index is 394. The van der Waals surface area contributed by atoms with E-state index in [1.807, 2.05) is 4.90 Å². The van der Waals surface area contributed by atoms with Gasteiger partial charge in [-0.25, -0.2) is 0 Å². The lowest BCUT2D eigenvalue weighted by molar-refractivity contribution is 0.0755. The lowest BCUT2D eigenvalue weighted by Crippen LogP contribution is -2.35. The first-order chi connectivity index (χ1) is 9.81. The first kappa shape index (κ1) is 14.9. The molecule has 1 aliphatic heterocycles. The van der Waals surface area contributed by atoms with Crippen molar-refractivity contribution in [3.05, 3.63) is 11.9 Å². The van der Waals surface area contributed by atoms with Gasteiger partial charge in [-0.15, -0.1) is 0 Å². The highest BCUT2D eigenvalue weighted by atomic mass is 16.2. The van der Waals surface area contributed by atoms with E-state index in [1.165, 1.54) is 19.0 Å². The molecule has 2 heterocycles. The number of nitrogens with one attached hydrogen (secondary N) is 1. The van der Waals surface area contributed by atoms with Crippen LogP contribution in [0, 0.1) is 0 Å². The van der Waals surface area contributed by atoms with Crippen LogP contribution in [0.2, 0.25) is 0 Å². The van der Waals surface area contributed by atoms with Crippen LogP contribution in [0.25, 0.3) is 0 Å². The smallest absolute Gasteiger partial charge is 0.276 e. The van der Waals surface area contributed by atoms with Crippen LogP contribution in [0.1, 0.15) is 36.2 Å². The quantitative estimate of drug-likeness (QED) is 0.720. The van der Waals surface area contributed by atoms with E-state index in [9.17, 15) is 4.79 Å². The van der Waals surface area contributed by atoms with Crippen molar-refractivity contribution in [1.29, 1.82) is 0 Å². The van der Waals surface area contributed by atoms with Gasteiger partial charge in [0.15, 0.2) is 5.69 Å². The number of aromatic amines is 1. The number of hydrogen-bond donors (Lipinski definition) is 2. The molecule has 0 atom stereocenters. The number of carbonyl (C=O) groups is 1. The molecule has 0 unspecified atom stereocenters. The van der Waals surface area contributed by atoms with Crippen LogP contribution in [0.5, 0.6) is 0 Å². The summed E-state index contributed by atoms with van der Waals surface area (Å²) < 4.78 is 0. The summed E-state index contributed by atoms with van der Waals surface area (Å²) in [6.07, 6.45) is 5.98. The third-order valence-corrected chi connectivity index (χ3v) is 3.69. The minimum absolute atomic E-state index is 0.0243. The molecule has 0 radical (unpaired) electrons. The van der Waals surface area contributed by atoms with Crippen molar-refractivity contribution in [3.63, 3.8) is 0 Å². The van der Waals surface area contributed by atoms with E-state index in [0.29, 0.717) is 5.69 Å². The third kappa shape index (κ3) is 4.28. The molecule has 0 spiro atoms. The van der Waals surface area contributed by atoms with E-state index in [2.05, 4.69) is 20.3 Å². The van der Waals surface area contributed by atoms with Crippen molar-refractivity contribution >= 4 is 5.91 Å². The molecule has 1 amide bonds. The number of nitrogens with zero attached hydrogens (tertiary/aromatic N) is 4. The summed E-state index contributed by atoms with van der Waals surface area (Å²) in [5.41, 5.74) is 5.90. The summed E-state index contributed by atoms with van der Waals surface area (Å²) in [4.78, 5) is 16.5. The molecule has 0 aromatic carbocycles. The highest BCUT2D eigenvalue weighted by Crippen LogP contribution is 2.08. The standard InChI is InChI=1S/C13H24N6O/c14-5-2-1-3-6-18-7-4-8-19(10-9-18)13(20)12-11-15-17-16-12/h11H,1-10,14H2,(H,15,16,17). The van der Waals surface area contributed by atoms with E-state index in [0.717, 1.165) is 52.1 Å². The average molecular weight is 280 g/mol. The number of hydrogen-bond acceptors (Lipinski definition) is 5. The van der Waals surface area contributed by atoms with Gasteiger partial charge in [-0.2, -0.15) is 15.4 Å². The largest absolute Gasteiger partial charge is 0.336 e. The monoisotopic (exact) mass is 280 g/mol. The van der Waals surface area contributed by atoms with Crippen molar-refractivity contribution in [3.8, 4) is 0 Å². The van der Waals surface area contributed by atoms with Crippen LogP contribution in [-0.4, -0.2) is 70.4 Å². The van der Waals surface area contributed by atoms with Crippen molar-refractivity contribution in [2.75, 3.05) is 39.3 Å². The molecule has 0 aliphatic carbocycles. The molecule has 3 N–H and O–H groups in total. The molecule has 7 heteroatoms. The summed E-state index contributed by atoms with van der Waals surface area (Å²) in [5.74, 6) is -0.0243. The summed E-state index contributed by atoms with van der Waals surface area (Å²) >= 11 is 0. The number of carbonyl (C=O) groups excluding carboxylic acids is 1. The maximum atomic E-state index is 12.2. The fourth-order valence-corrected chi connectivity index (χ4v) is 2.52. The summed E-state index contributed by atoms with van der Waals surface area (Å²) in [5, 5.41) is 10.0. The molecule has 1 aromatic rings. The Kier molecular flexibility index (Phi) is 5.94. The lowest BCUT2D eigenvalue weighted by Gasteiger charge is -2.21. The third-order valence-electron chi connectivity index (χ3n) is 3.69. The van der Waals surface area contributed by atoms with E-state index >= 15 is 0 Å². The molecule has 0 bridgehead atoms. The van der Waals surface area contributed by atoms with E-state index in [4.69, 9.17) is 5.73 Å². The van der Waals surface area contributed by atoms with Gasteiger partial charge in [-0.1, -0.05) is 6.42 Å². The topological polar surface area (TPSA) is 91.1 Å². The Morgan fingerprint density at radius 2 is 2.15 bits per heavy atom. The lowest BCUT2D eigenvalue weighted by atomic mass is 10.2. The van der Waals surface area contributed by atoms with E-state index in [1.54, 1.807) is 0 Å². The second-order valence-electron chi connectivity index (χ2n) is 5.19. The first-order valence-electron chi connectivity index (χ1n) is 7.38. The Labute approximate surface area is 119 Å². The molecular formula is C13H24N6O. The van der Waals surface area contributed by atoms with E-state index in [-0.39, 0.29) is 5.91 Å². The van der Waals surface area contributed by atoms with Crippen molar-refractivity contribution in [2.45, 2.75) is 25.7 Å². The summed E-state index contributed by atoms with van der Waals surface area (Å²) in [7, 11) is 0. The van der Waals surface area contributed by atoms with Gasteiger partial charge in [0, 0.05) is 19.6 Å². The van der Waals surface area contributed by atoms with Crippen LogP contribution < -0.4 is 5.73 Å². The zero-order valence-corrected chi connectivity index (χ0v) is 11.9. The number of amides is 1. The Morgan fingerprint density at radius 1 is 1.25 bits per heavy atom. The normalized spacial score (nSPS) is 17.1. The maximum Gasteiger partial charge on any atom is 0.276 e. The zero-order chi connectivity index (χ0) is 14.2. The molecule has 0 saturated carbocycles. The molecule has 7 nitrogen and oxygen atoms in total. The number of nitrogens with two attached hydrogens (primary N) is 1. The van der Waals surface area contributed by atoms with Crippen LogP contribution in [0.3, 0.4) is 0 Å². The Balaban J connectivity index is 1.76. The van der Waals surface area contributed by atoms with Crippen LogP contribution in [0.4, 0.5) is 0 Å². The first-order valence-corrected chi connectivity index (χ1v) is 7.38. The van der Waals surface area contributed by atoms with Gasteiger partial charge in [0.05, 0.1) is 6.20 Å². The van der Waals surface area contributed by atoms with Gasteiger partial charge in [0.2, 0.25) is 0 Å². The second kappa shape index (κ2) is 7.96. The van der Waals surface area contributed by atoms with Gasteiger partial charge in [0.1, 0.15) is 0 Å². The van der Waals surface area contributed by atoms with Gasteiger partial charge in [-0.05, 0) is 38.9 Å². The Hall–Kier alpha value is -1.47. The highest BCUT2D eigenvalue weighted by molar-refractivity contribution is 5.91. The molecule has 1 fully saturated rings. The van der Waals surface area contributed by atoms with Crippen LogP contribution in [-0.2, 0) is 0 Å². The molecule has 20 heavy (non-hydrogen) atoms. The molecule has 1 aliphatic rings. The van der Waals surface area contributed by atoms with Crippen molar-refractivity contribution in [1.82, 2.24) is 25.2 Å². The number of rotatable bonds is 6. The minimum Gasteiger partial charge on any atom is -0.336 e. The predicted molar refractivity (Wildman–Crippen MR) is 76.2 cm³/mol. The van der Waals surface area contributed by atoms with Gasteiger partial charge in [-0.3, -0.25) is 4.79 Å². The SMILES string of the molecule is NCCCCCN1CCCN(C(=O)c2cn[nH]n2)CC1. The van der Waals surface area contributed by atoms with Crippen molar-refractivity contribution in [2.24, 2.45) is 5.73 Å². The number of unbranched alkanes of at least 4 members (excludes halogenated alkanes) is 2. The minimum atomic E-state index is -0.0243. The zero-order valence-electron chi connectivity index (χ0n) is 11.9. The molecule has 1 aromatic heterocycles. The van der Waals surface area contributed by atoms with Gasteiger partial charge >= 0.3 is 0 Å². The number of H-pyrrole nitrogens is 1. The highest BCUT2D eigenvalue weighted by Gasteiger charge is 2.21. The van der Waals surface area contributed by atoms with E-state index < -0.39 is 0 Å².